The first-order chi connectivity index (χ1) is 13.4. The molecule has 1 aliphatic rings. The number of likely N-dealkylation sites (tertiary alicyclic amines) is 1. The first-order valence-electron chi connectivity index (χ1n) is 8.75. The molecule has 3 heterocycles. The summed E-state index contributed by atoms with van der Waals surface area (Å²) >= 11 is 0. The van der Waals surface area contributed by atoms with E-state index in [1.54, 1.807) is 17.3 Å². The van der Waals surface area contributed by atoms with Crippen LogP contribution in [0.3, 0.4) is 0 Å². The van der Waals surface area contributed by atoms with Crippen LogP contribution in [-0.2, 0) is 6.18 Å². The van der Waals surface area contributed by atoms with Crippen LogP contribution in [0.4, 0.5) is 13.2 Å². The Kier molecular flexibility index (Phi) is 4.62. The van der Waals surface area contributed by atoms with Crippen LogP contribution < -0.4 is 0 Å². The van der Waals surface area contributed by atoms with Gasteiger partial charge in [0.15, 0.2) is 5.76 Å². The third-order valence-corrected chi connectivity index (χ3v) is 4.91. The lowest BCUT2D eigenvalue weighted by atomic mass is 10.0. The Morgan fingerprint density at radius 2 is 1.96 bits per heavy atom. The number of carbonyl (C=O) groups is 1. The number of halogens is 3. The molecule has 1 saturated heterocycles. The van der Waals surface area contributed by atoms with Gasteiger partial charge in [-0.2, -0.15) is 13.2 Å². The van der Waals surface area contributed by atoms with Crippen molar-refractivity contribution >= 4 is 5.91 Å². The van der Waals surface area contributed by atoms with Crippen molar-refractivity contribution in [2.24, 2.45) is 0 Å². The Morgan fingerprint density at radius 3 is 2.71 bits per heavy atom. The molecule has 2 aromatic heterocycles. The number of hydrogen-bond acceptors (Lipinski definition) is 4. The minimum Gasteiger partial charge on any atom is -0.355 e. The van der Waals surface area contributed by atoms with Crippen LogP contribution in [-0.4, -0.2) is 34.0 Å². The summed E-state index contributed by atoms with van der Waals surface area (Å²) in [6.07, 6.45) is 0.827. The van der Waals surface area contributed by atoms with Gasteiger partial charge in [0.1, 0.15) is 5.56 Å². The predicted molar refractivity (Wildman–Crippen MR) is 94.4 cm³/mol. The van der Waals surface area contributed by atoms with Crippen LogP contribution in [0.5, 0.6) is 0 Å². The average Bonchev–Trinajstić information content (AvgIpc) is 3.37. The van der Waals surface area contributed by atoms with Crippen molar-refractivity contribution in [1.29, 1.82) is 0 Å². The number of aromatic nitrogens is 2. The van der Waals surface area contributed by atoms with E-state index in [-0.39, 0.29) is 28.7 Å². The number of hydrogen-bond donors (Lipinski definition) is 0. The second-order valence-corrected chi connectivity index (χ2v) is 6.64. The topological polar surface area (TPSA) is 59.2 Å². The number of nitrogens with zero attached hydrogens (tertiary/aromatic N) is 3. The second-order valence-electron chi connectivity index (χ2n) is 6.64. The Balaban J connectivity index is 1.61. The molecule has 1 atom stereocenters. The van der Waals surface area contributed by atoms with E-state index in [4.69, 9.17) is 4.52 Å². The highest BCUT2D eigenvalue weighted by Crippen LogP contribution is 2.38. The van der Waals surface area contributed by atoms with Gasteiger partial charge in [0, 0.05) is 37.0 Å². The first kappa shape index (κ1) is 18.2. The van der Waals surface area contributed by atoms with E-state index in [0.717, 1.165) is 18.1 Å². The smallest absolute Gasteiger partial charge is 0.355 e. The largest absolute Gasteiger partial charge is 0.417 e. The van der Waals surface area contributed by atoms with Crippen LogP contribution in [0.2, 0.25) is 0 Å². The van der Waals surface area contributed by atoms with E-state index < -0.39 is 11.7 Å². The molecule has 8 heteroatoms. The molecule has 0 spiro atoms. The summed E-state index contributed by atoms with van der Waals surface area (Å²) in [7, 11) is 0. The zero-order chi connectivity index (χ0) is 19.7. The molecule has 1 aliphatic heterocycles. The molecule has 144 valence electrons. The predicted octanol–water partition coefficient (Wildman–Crippen LogP) is 4.39. The van der Waals surface area contributed by atoms with Crippen molar-refractivity contribution in [2.75, 3.05) is 13.1 Å². The Hall–Kier alpha value is -3.16. The molecule has 28 heavy (non-hydrogen) atoms. The summed E-state index contributed by atoms with van der Waals surface area (Å²) in [5, 5.41) is 3.59. The van der Waals surface area contributed by atoms with Crippen molar-refractivity contribution in [3.8, 4) is 11.3 Å². The molecule has 0 bridgehead atoms. The molecule has 3 aromatic rings. The standard InChI is InChI=1S/C20H16F3N3O2/c21-20(22,23)17-6-2-1-5-15(17)18-16(11-25-28-18)19(27)26-9-7-14(12-26)13-4-3-8-24-10-13/h1-6,8,10-11,14H,7,9,12H2. The molecule has 0 saturated carbocycles. The molecule has 4 rings (SSSR count). The summed E-state index contributed by atoms with van der Waals surface area (Å²) in [6.45, 7) is 0.972. The van der Waals surface area contributed by atoms with Crippen molar-refractivity contribution in [2.45, 2.75) is 18.5 Å². The summed E-state index contributed by atoms with van der Waals surface area (Å²) in [5.74, 6) is -0.411. The number of alkyl halides is 3. The van der Waals surface area contributed by atoms with Crippen LogP contribution in [0.1, 0.15) is 33.8 Å². The molecule has 1 amide bonds. The maximum Gasteiger partial charge on any atom is 0.417 e. The molecule has 1 fully saturated rings. The van der Waals surface area contributed by atoms with E-state index in [9.17, 15) is 18.0 Å². The van der Waals surface area contributed by atoms with Gasteiger partial charge in [-0.05, 0) is 24.1 Å². The number of carbonyl (C=O) groups excluding carboxylic acids is 1. The van der Waals surface area contributed by atoms with Crippen LogP contribution >= 0.6 is 0 Å². The molecular formula is C20H16F3N3O2. The lowest BCUT2D eigenvalue weighted by Gasteiger charge is -2.17. The van der Waals surface area contributed by atoms with Crippen molar-refractivity contribution in [3.05, 3.63) is 71.7 Å². The molecule has 0 N–H and O–H groups in total. The summed E-state index contributed by atoms with van der Waals surface area (Å²) in [4.78, 5) is 18.7. The third kappa shape index (κ3) is 3.37. The highest BCUT2D eigenvalue weighted by atomic mass is 19.4. The van der Waals surface area contributed by atoms with E-state index in [1.807, 2.05) is 12.1 Å². The van der Waals surface area contributed by atoms with Crippen LogP contribution in [0.15, 0.2) is 59.5 Å². The highest BCUT2D eigenvalue weighted by molar-refractivity contribution is 5.99. The first-order valence-corrected chi connectivity index (χ1v) is 8.75. The lowest BCUT2D eigenvalue weighted by molar-refractivity contribution is -0.137. The quantitative estimate of drug-likeness (QED) is 0.669. The van der Waals surface area contributed by atoms with Crippen molar-refractivity contribution in [3.63, 3.8) is 0 Å². The molecule has 0 radical (unpaired) electrons. The number of amides is 1. The molecule has 0 aliphatic carbocycles. The van der Waals surface area contributed by atoms with Gasteiger partial charge in [0.05, 0.1) is 11.8 Å². The van der Waals surface area contributed by atoms with E-state index in [2.05, 4.69) is 10.1 Å². The van der Waals surface area contributed by atoms with Crippen LogP contribution in [0, 0.1) is 0 Å². The minimum absolute atomic E-state index is 0.0311. The van der Waals surface area contributed by atoms with Crippen molar-refractivity contribution < 1.29 is 22.5 Å². The molecular weight excluding hydrogens is 371 g/mol. The van der Waals surface area contributed by atoms with Gasteiger partial charge in [-0.1, -0.05) is 29.4 Å². The fraction of sp³-hybridized carbons (Fsp3) is 0.250. The van der Waals surface area contributed by atoms with Gasteiger partial charge in [0.25, 0.3) is 5.91 Å². The van der Waals surface area contributed by atoms with Gasteiger partial charge >= 0.3 is 6.18 Å². The third-order valence-electron chi connectivity index (χ3n) is 4.91. The minimum atomic E-state index is -4.57. The van der Waals surface area contributed by atoms with Gasteiger partial charge in [0.2, 0.25) is 0 Å². The number of pyridine rings is 1. The van der Waals surface area contributed by atoms with E-state index in [1.165, 1.54) is 24.4 Å². The zero-order valence-corrected chi connectivity index (χ0v) is 14.7. The Labute approximate surface area is 158 Å². The summed E-state index contributed by atoms with van der Waals surface area (Å²) in [5.41, 5.74) is 0.00334. The number of benzene rings is 1. The van der Waals surface area contributed by atoms with E-state index in [0.29, 0.717) is 13.1 Å². The maximum atomic E-state index is 13.3. The Morgan fingerprint density at radius 1 is 1.14 bits per heavy atom. The SMILES string of the molecule is O=C(c1cnoc1-c1ccccc1C(F)(F)F)N1CCC(c2cccnc2)C1. The molecule has 5 nitrogen and oxygen atoms in total. The highest BCUT2D eigenvalue weighted by Gasteiger charge is 2.37. The second kappa shape index (κ2) is 7.10. The van der Waals surface area contributed by atoms with Gasteiger partial charge in [-0.15, -0.1) is 0 Å². The van der Waals surface area contributed by atoms with Gasteiger partial charge < -0.3 is 9.42 Å². The fourth-order valence-electron chi connectivity index (χ4n) is 3.52. The van der Waals surface area contributed by atoms with E-state index >= 15 is 0 Å². The fourth-order valence-corrected chi connectivity index (χ4v) is 3.52. The zero-order valence-electron chi connectivity index (χ0n) is 14.7. The summed E-state index contributed by atoms with van der Waals surface area (Å²) in [6, 6.07) is 8.80. The normalized spacial score (nSPS) is 17.1. The lowest BCUT2D eigenvalue weighted by Crippen LogP contribution is -2.28. The number of rotatable bonds is 3. The summed E-state index contributed by atoms with van der Waals surface area (Å²) < 4.78 is 45.1. The van der Waals surface area contributed by atoms with Gasteiger partial charge in [-0.25, -0.2) is 0 Å². The van der Waals surface area contributed by atoms with Gasteiger partial charge in [-0.3, -0.25) is 9.78 Å². The molecule has 1 aromatic carbocycles. The average molecular weight is 387 g/mol. The van der Waals surface area contributed by atoms with Crippen LogP contribution in [0.25, 0.3) is 11.3 Å². The maximum absolute atomic E-state index is 13.3. The monoisotopic (exact) mass is 387 g/mol. The Bertz CT molecular complexity index is 986. The van der Waals surface area contributed by atoms with Crippen molar-refractivity contribution in [1.82, 2.24) is 15.0 Å². The molecule has 1 unspecified atom stereocenters.